The van der Waals surface area contributed by atoms with Gasteiger partial charge in [0.2, 0.25) is 0 Å². The van der Waals surface area contributed by atoms with Gasteiger partial charge < -0.3 is 21.4 Å². The first-order valence-corrected chi connectivity index (χ1v) is 16.7. The summed E-state index contributed by atoms with van der Waals surface area (Å²) in [6, 6.07) is 25.1. The average Bonchev–Trinajstić information content (AvgIpc) is 3.54. The molecule has 3 aromatic carbocycles. The Balaban J connectivity index is 0.00000289. The minimum Gasteiger partial charge on any atom is -0.481 e. The lowest BCUT2D eigenvalue weighted by Crippen LogP contribution is -2.74. The van der Waals surface area contributed by atoms with Crippen molar-refractivity contribution in [3.05, 3.63) is 112 Å². The van der Waals surface area contributed by atoms with Crippen LogP contribution in [-0.2, 0) is 9.59 Å². The number of rotatable bonds is 13. The van der Waals surface area contributed by atoms with Crippen LogP contribution in [-0.4, -0.2) is 62.7 Å². The third kappa shape index (κ3) is 7.68. The smallest absolute Gasteiger partial charge is 0.313 e. The number of likely N-dealkylation sites (tertiary alicyclic amines) is 1. The Morgan fingerprint density at radius 1 is 0.960 bits per heavy atom. The Labute approximate surface area is 305 Å². The van der Waals surface area contributed by atoms with Gasteiger partial charge >= 0.3 is 11.9 Å². The van der Waals surface area contributed by atoms with Crippen molar-refractivity contribution in [2.24, 2.45) is 22.5 Å². The molecule has 2 heterocycles. The van der Waals surface area contributed by atoms with E-state index in [1.807, 2.05) is 36.4 Å². The molecule has 11 nitrogen and oxygen atoms in total. The molecule has 0 bridgehead atoms. The highest BCUT2D eigenvalue weighted by Gasteiger charge is 2.70. The number of carbonyl (C=O) groups is 2. The Kier molecular flexibility index (Phi) is 15.4. The minimum absolute atomic E-state index is 0. The molecule has 3 aromatic rings. The fourth-order valence-corrected chi connectivity index (χ4v) is 8.64. The van der Waals surface area contributed by atoms with Gasteiger partial charge in [0.25, 0.3) is 5.69 Å². The molecule has 0 amide bonds. The maximum atomic E-state index is 14.0. The number of carboxylic acid groups (broad SMARTS) is 2. The van der Waals surface area contributed by atoms with Crippen LogP contribution >= 0.6 is 24.8 Å². The molecule has 0 aromatic heterocycles. The molecule has 2 fully saturated rings. The van der Waals surface area contributed by atoms with Crippen LogP contribution in [0.5, 0.6) is 0 Å². The number of benzene rings is 3. The minimum atomic E-state index is -1.79. The van der Waals surface area contributed by atoms with Gasteiger partial charge in [-0.1, -0.05) is 105 Å². The molecule has 6 unspecified atom stereocenters. The molecule has 274 valence electrons. The Hall–Kier alpha value is -3.58. The number of halogens is 2. The van der Waals surface area contributed by atoms with Crippen molar-refractivity contribution < 1.29 is 30.2 Å². The zero-order chi connectivity index (χ0) is 33.8. The highest BCUT2D eigenvalue weighted by molar-refractivity contribution is 5.86. The maximum absolute atomic E-state index is 14.0. The van der Waals surface area contributed by atoms with Crippen LogP contribution in [0, 0.1) is 26.9 Å². The van der Waals surface area contributed by atoms with E-state index in [-0.39, 0.29) is 48.4 Å². The number of hydrogen-bond acceptors (Lipinski definition) is 7. The number of nitrogens with two attached hydrogens (primary N) is 1. The van der Waals surface area contributed by atoms with Crippen molar-refractivity contribution in [1.29, 1.82) is 0 Å². The Morgan fingerprint density at radius 2 is 1.56 bits per heavy atom. The lowest BCUT2D eigenvalue weighted by molar-refractivity contribution is -0.385. The van der Waals surface area contributed by atoms with Gasteiger partial charge in [-0.3, -0.25) is 29.9 Å². The number of hydrogen-bond donors (Lipinski definition) is 4. The van der Waals surface area contributed by atoms with E-state index in [2.05, 4.69) is 41.4 Å². The lowest BCUT2D eigenvalue weighted by atomic mass is 9.48. The number of piperidine rings is 1. The van der Waals surface area contributed by atoms with Gasteiger partial charge in [0, 0.05) is 30.6 Å². The van der Waals surface area contributed by atoms with E-state index in [1.165, 1.54) is 18.2 Å². The van der Waals surface area contributed by atoms with Crippen molar-refractivity contribution in [3.8, 4) is 0 Å². The molecule has 2 saturated heterocycles. The predicted molar refractivity (Wildman–Crippen MR) is 198 cm³/mol. The highest BCUT2D eigenvalue weighted by Crippen LogP contribution is 2.61. The van der Waals surface area contributed by atoms with E-state index in [9.17, 15) is 29.9 Å². The molecular formula is C37H50Cl2N4O7. The summed E-state index contributed by atoms with van der Waals surface area (Å²) in [6.45, 7) is 4.74. The van der Waals surface area contributed by atoms with Gasteiger partial charge in [0.05, 0.1) is 22.5 Å². The van der Waals surface area contributed by atoms with Crippen LogP contribution < -0.4 is 11.1 Å². The number of nitrogens with one attached hydrogen (secondary N) is 1. The normalized spacial score (nSPS) is 26.2. The van der Waals surface area contributed by atoms with Gasteiger partial charge in [-0.05, 0) is 48.9 Å². The molecule has 2 aliphatic rings. The predicted octanol–water partition coefficient (Wildman–Crippen LogP) is 6.20. The van der Waals surface area contributed by atoms with E-state index in [0.717, 1.165) is 30.4 Å². The van der Waals surface area contributed by atoms with Crippen LogP contribution in [0.3, 0.4) is 0 Å². The number of carboxylic acids is 2. The van der Waals surface area contributed by atoms with Crippen LogP contribution in [0.15, 0.2) is 84.9 Å². The van der Waals surface area contributed by atoms with Crippen molar-refractivity contribution in [2.45, 2.75) is 76.5 Å². The zero-order valence-corrected chi connectivity index (χ0v) is 30.1. The summed E-state index contributed by atoms with van der Waals surface area (Å²) in [7, 11) is 0. The Bertz CT molecular complexity index is 1530. The molecule has 5 rings (SSSR count). The molecule has 0 radical (unpaired) electrons. The van der Waals surface area contributed by atoms with Gasteiger partial charge in [-0.2, -0.15) is 0 Å². The summed E-state index contributed by atoms with van der Waals surface area (Å²) in [5.74, 6) is -4.02. The summed E-state index contributed by atoms with van der Waals surface area (Å²) in [5.41, 5.74) is 5.76. The molecule has 6 atom stereocenters. The van der Waals surface area contributed by atoms with Gasteiger partial charge in [0.1, 0.15) is 5.41 Å². The van der Waals surface area contributed by atoms with Gasteiger partial charge in [-0.15, -0.1) is 24.8 Å². The fourth-order valence-electron chi connectivity index (χ4n) is 8.64. The van der Waals surface area contributed by atoms with Crippen molar-refractivity contribution in [1.82, 2.24) is 10.2 Å². The van der Waals surface area contributed by atoms with E-state index in [0.29, 0.717) is 31.5 Å². The maximum Gasteiger partial charge on any atom is 0.313 e. The molecule has 0 aliphatic carbocycles. The van der Waals surface area contributed by atoms with Gasteiger partial charge in [0.15, 0.2) is 0 Å². The number of nitro groups is 1. The topological polar surface area (TPSA) is 191 Å². The van der Waals surface area contributed by atoms with Crippen molar-refractivity contribution >= 4 is 42.4 Å². The lowest BCUT2D eigenvalue weighted by Gasteiger charge is -2.59. The first-order chi connectivity index (χ1) is 22.6. The second kappa shape index (κ2) is 18.1. The molecule has 2 aliphatic heterocycles. The third-order valence-corrected chi connectivity index (χ3v) is 10.8. The number of non-ortho nitro benzene ring substituents is 1. The van der Waals surface area contributed by atoms with E-state index in [1.54, 1.807) is 13.0 Å². The second-order valence-corrected chi connectivity index (χ2v) is 13.2. The highest BCUT2D eigenvalue weighted by atomic mass is 35.5. The molecule has 0 saturated carbocycles. The number of nitrogens with zero attached hydrogens (tertiary/aromatic N) is 2. The fraction of sp³-hybridized carbons (Fsp3) is 0.459. The molecular weight excluding hydrogens is 683 g/mol. The van der Waals surface area contributed by atoms with Gasteiger partial charge in [-0.25, -0.2) is 0 Å². The van der Waals surface area contributed by atoms with Crippen molar-refractivity contribution in [2.75, 3.05) is 13.1 Å². The summed E-state index contributed by atoms with van der Waals surface area (Å²) >= 11 is 0. The first kappa shape index (κ1) is 42.6. The largest absolute Gasteiger partial charge is 0.481 e. The third-order valence-electron chi connectivity index (χ3n) is 10.8. The molecule has 7 N–H and O–H groups in total. The number of aliphatic carboxylic acids is 2. The van der Waals surface area contributed by atoms with Crippen LogP contribution in [0.4, 0.5) is 5.69 Å². The van der Waals surface area contributed by atoms with Crippen molar-refractivity contribution in [3.63, 3.8) is 0 Å². The monoisotopic (exact) mass is 732 g/mol. The van der Waals surface area contributed by atoms with Crippen LogP contribution in [0.1, 0.15) is 81.0 Å². The summed E-state index contributed by atoms with van der Waals surface area (Å²) < 4.78 is 0. The molecule has 13 heteroatoms. The van der Waals surface area contributed by atoms with E-state index >= 15 is 0 Å². The van der Waals surface area contributed by atoms with Crippen LogP contribution in [0.25, 0.3) is 0 Å². The number of unbranched alkanes of at least 4 members (excludes halogenated alkanes) is 3. The quantitative estimate of drug-likeness (QED) is 0.0901. The Morgan fingerprint density at radius 3 is 2.08 bits per heavy atom. The average molecular weight is 734 g/mol. The number of nitro benzene ring substituents is 1. The van der Waals surface area contributed by atoms with E-state index < -0.39 is 51.7 Å². The SMILES string of the molecule is CCCCCCC1(C(=O)O)C(C)NC(N)C(C(=O)O)(C2CCN(C(c3ccccc3)c3ccccc3)C2)C1c1cccc([N+](=O)[O-])c1.Cl.Cl.O. The summed E-state index contributed by atoms with van der Waals surface area (Å²) in [6.07, 6.45) is 2.79. The first-order valence-electron chi connectivity index (χ1n) is 16.7. The van der Waals surface area contributed by atoms with E-state index in [4.69, 9.17) is 5.73 Å². The second-order valence-electron chi connectivity index (χ2n) is 13.2. The summed E-state index contributed by atoms with van der Waals surface area (Å²) in [4.78, 5) is 41.4. The standard InChI is InChI=1S/C37H46N4O6.2ClH.H2O/c1-3-4-5-12-21-36(34(42)43)25(2)39-33(38)37(35(44)45,32(36)28-18-13-19-30(23-28)41(46)47)29-20-22-40(24-29)31(26-14-8-6-9-15-26)27-16-10-7-11-17-27;;;/h6-11,13-19,23,25,29,31-33,39H,3-5,12,20-22,24,38H2,1-2H3,(H,42,43)(H,44,45);2*1H;1H2. The molecule has 0 spiro atoms. The zero-order valence-electron chi connectivity index (χ0n) is 28.4. The molecule has 50 heavy (non-hydrogen) atoms. The van der Waals surface area contributed by atoms with Crippen LogP contribution in [0.2, 0.25) is 0 Å². The summed E-state index contributed by atoms with van der Waals surface area (Å²) in [5, 5.41) is 37.8.